The second kappa shape index (κ2) is 12.9. The van der Waals surface area contributed by atoms with E-state index < -0.39 is 0 Å². The van der Waals surface area contributed by atoms with Crippen LogP contribution in [-0.4, -0.2) is 45.8 Å². The van der Waals surface area contributed by atoms with Crippen molar-refractivity contribution in [1.29, 1.82) is 0 Å². The van der Waals surface area contributed by atoms with Gasteiger partial charge in [-0.25, -0.2) is 0 Å². The Morgan fingerprint density at radius 1 is 0.656 bits per heavy atom. The summed E-state index contributed by atoms with van der Waals surface area (Å²) in [5.41, 5.74) is -0.0547. The van der Waals surface area contributed by atoms with Crippen molar-refractivity contribution in [3.63, 3.8) is 0 Å². The minimum atomic E-state index is -0.283. The smallest absolute Gasteiger partial charge is 0.0630 e. The molecule has 4 nitrogen and oxygen atoms in total. The van der Waals surface area contributed by atoms with Gasteiger partial charge in [0.15, 0.2) is 0 Å². The Labute approximate surface area is 197 Å². The molecule has 0 aromatic heterocycles. The Morgan fingerprint density at radius 2 is 1.03 bits per heavy atom. The van der Waals surface area contributed by atoms with Crippen molar-refractivity contribution in [2.75, 3.05) is 13.2 Å². The zero-order valence-electron chi connectivity index (χ0n) is 21.3. The summed E-state index contributed by atoms with van der Waals surface area (Å²) in [6, 6.07) is 0. The van der Waals surface area contributed by atoms with E-state index >= 15 is 0 Å². The van der Waals surface area contributed by atoms with Gasteiger partial charge in [-0.05, 0) is 74.0 Å². The van der Waals surface area contributed by atoms with E-state index in [2.05, 4.69) is 39.8 Å². The summed E-state index contributed by atoms with van der Waals surface area (Å²) in [6.07, 6.45) is 16.7. The van der Waals surface area contributed by atoms with Gasteiger partial charge in [0.1, 0.15) is 0 Å². The van der Waals surface area contributed by atoms with Gasteiger partial charge in [-0.15, -0.1) is 0 Å². The number of aliphatic hydroxyl groups excluding tert-OH is 4. The van der Waals surface area contributed by atoms with E-state index in [1.807, 2.05) is 0 Å². The average molecular weight is 453 g/mol. The van der Waals surface area contributed by atoms with Crippen LogP contribution in [0.5, 0.6) is 0 Å². The van der Waals surface area contributed by atoms with Crippen molar-refractivity contribution in [3.8, 4) is 0 Å². The second-order valence-corrected chi connectivity index (χ2v) is 12.5. The van der Waals surface area contributed by atoms with E-state index in [1.54, 1.807) is 0 Å². The highest BCUT2D eigenvalue weighted by molar-refractivity contribution is 5.02. The standard InChI is InChI=1S/C28H52O4/c1-27(2,19-29)17-7-13-21-9-5-11-23(25(21)31)15-16-24-12-6-10-22(26(24)32)14-8-18-28(3,4)20-30/h15-16,21-26,29-32H,5-14,17-20H2,1-4H3/b16-15-. The lowest BCUT2D eigenvalue weighted by molar-refractivity contribution is 0.0232. The molecule has 188 valence electrons. The molecule has 6 unspecified atom stereocenters. The third kappa shape index (κ3) is 8.74. The summed E-state index contributed by atoms with van der Waals surface area (Å²) >= 11 is 0. The first-order valence-corrected chi connectivity index (χ1v) is 13.3. The van der Waals surface area contributed by atoms with Crippen LogP contribution in [-0.2, 0) is 0 Å². The molecule has 0 spiro atoms. The lowest BCUT2D eigenvalue weighted by Crippen LogP contribution is -2.34. The summed E-state index contributed by atoms with van der Waals surface area (Å²) in [6.45, 7) is 8.85. The van der Waals surface area contributed by atoms with Crippen molar-refractivity contribution in [3.05, 3.63) is 12.2 Å². The van der Waals surface area contributed by atoms with E-state index in [0.29, 0.717) is 11.8 Å². The zero-order chi connectivity index (χ0) is 23.8. The maximum absolute atomic E-state index is 11.0. The Hall–Kier alpha value is -0.420. The summed E-state index contributed by atoms with van der Waals surface area (Å²) in [5, 5.41) is 40.9. The van der Waals surface area contributed by atoms with Crippen LogP contribution in [0.4, 0.5) is 0 Å². The quantitative estimate of drug-likeness (QED) is 0.296. The molecule has 4 N–H and O–H groups in total. The Bertz CT molecular complexity index is 508. The van der Waals surface area contributed by atoms with Crippen LogP contribution < -0.4 is 0 Å². The number of hydrogen-bond acceptors (Lipinski definition) is 4. The zero-order valence-corrected chi connectivity index (χ0v) is 21.3. The molecule has 0 saturated heterocycles. The van der Waals surface area contributed by atoms with Crippen molar-refractivity contribution in [2.24, 2.45) is 34.5 Å². The fraction of sp³-hybridized carbons (Fsp3) is 0.929. The number of rotatable bonds is 12. The largest absolute Gasteiger partial charge is 0.396 e. The van der Waals surface area contributed by atoms with Crippen molar-refractivity contribution < 1.29 is 20.4 Å². The lowest BCUT2D eigenvalue weighted by atomic mass is 9.73. The average Bonchev–Trinajstić information content (AvgIpc) is 2.76. The van der Waals surface area contributed by atoms with Crippen molar-refractivity contribution in [2.45, 2.75) is 117 Å². The lowest BCUT2D eigenvalue weighted by Gasteiger charge is -2.36. The molecule has 0 aromatic carbocycles. The normalized spacial score (nSPS) is 32.5. The topological polar surface area (TPSA) is 80.9 Å². The molecule has 2 saturated carbocycles. The van der Waals surface area contributed by atoms with Gasteiger partial charge in [-0.2, -0.15) is 0 Å². The summed E-state index contributed by atoms with van der Waals surface area (Å²) < 4.78 is 0. The third-order valence-electron chi connectivity index (χ3n) is 8.39. The molecule has 4 heteroatoms. The molecule has 2 aliphatic carbocycles. The first-order valence-electron chi connectivity index (χ1n) is 13.3. The molecule has 2 rings (SSSR count). The molecule has 0 heterocycles. The summed E-state index contributed by atoms with van der Waals surface area (Å²) in [4.78, 5) is 0. The molecule has 2 fully saturated rings. The van der Waals surface area contributed by atoms with Gasteiger partial charge in [0.25, 0.3) is 0 Å². The molecular formula is C28H52O4. The Kier molecular flexibility index (Phi) is 11.2. The predicted octanol–water partition coefficient (Wildman–Crippen LogP) is 5.47. The van der Waals surface area contributed by atoms with Crippen LogP contribution in [0, 0.1) is 34.5 Å². The molecule has 32 heavy (non-hydrogen) atoms. The molecule has 0 aliphatic heterocycles. The molecule has 0 aromatic rings. The highest BCUT2D eigenvalue weighted by Gasteiger charge is 2.33. The van der Waals surface area contributed by atoms with E-state index in [4.69, 9.17) is 0 Å². The van der Waals surface area contributed by atoms with Gasteiger partial charge in [-0.1, -0.05) is 65.5 Å². The summed E-state index contributed by atoms with van der Waals surface area (Å²) in [7, 11) is 0. The van der Waals surface area contributed by atoms with Gasteiger partial charge in [0.05, 0.1) is 12.2 Å². The maximum Gasteiger partial charge on any atom is 0.0630 e. The van der Waals surface area contributed by atoms with Crippen LogP contribution in [0.2, 0.25) is 0 Å². The molecule has 0 radical (unpaired) electrons. The van der Waals surface area contributed by atoms with Crippen LogP contribution in [0.15, 0.2) is 12.2 Å². The van der Waals surface area contributed by atoms with Gasteiger partial charge in [-0.3, -0.25) is 0 Å². The van der Waals surface area contributed by atoms with Gasteiger partial charge in [0, 0.05) is 25.0 Å². The monoisotopic (exact) mass is 452 g/mol. The number of hydrogen-bond donors (Lipinski definition) is 4. The highest BCUT2D eigenvalue weighted by Crippen LogP contribution is 2.38. The van der Waals surface area contributed by atoms with E-state index in [1.165, 1.54) is 0 Å². The van der Waals surface area contributed by atoms with Gasteiger partial charge < -0.3 is 20.4 Å². The second-order valence-electron chi connectivity index (χ2n) is 12.5. The third-order valence-corrected chi connectivity index (χ3v) is 8.39. The number of aliphatic hydroxyl groups is 4. The SMILES string of the molecule is CC(C)(CO)CCCC1CCCC(/C=C\C2CCCC(CCCC(C)(C)CO)C2O)C1O. The van der Waals surface area contributed by atoms with Crippen LogP contribution in [0.25, 0.3) is 0 Å². The van der Waals surface area contributed by atoms with Gasteiger partial charge in [0.2, 0.25) is 0 Å². The molecular weight excluding hydrogens is 400 g/mol. The fourth-order valence-corrected chi connectivity index (χ4v) is 5.79. The highest BCUT2D eigenvalue weighted by atomic mass is 16.3. The molecule has 0 amide bonds. The molecule has 0 bridgehead atoms. The van der Waals surface area contributed by atoms with E-state index in [0.717, 1.165) is 77.0 Å². The minimum absolute atomic E-state index is 0.0273. The fourth-order valence-electron chi connectivity index (χ4n) is 5.79. The van der Waals surface area contributed by atoms with E-state index in [-0.39, 0.29) is 48.1 Å². The van der Waals surface area contributed by atoms with E-state index in [9.17, 15) is 20.4 Å². The molecule has 6 atom stereocenters. The Balaban J connectivity index is 1.83. The minimum Gasteiger partial charge on any atom is -0.396 e. The Morgan fingerprint density at radius 3 is 1.38 bits per heavy atom. The maximum atomic E-state index is 11.0. The molecule has 2 aliphatic rings. The van der Waals surface area contributed by atoms with Crippen LogP contribution in [0.3, 0.4) is 0 Å². The first kappa shape index (κ1) is 27.8. The van der Waals surface area contributed by atoms with Gasteiger partial charge >= 0.3 is 0 Å². The van der Waals surface area contributed by atoms with Crippen LogP contribution in [0.1, 0.15) is 105 Å². The first-order chi connectivity index (χ1) is 15.1. The predicted molar refractivity (Wildman–Crippen MR) is 132 cm³/mol. The van der Waals surface area contributed by atoms with Crippen molar-refractivity contribution in [1.82, 2.24) is 0 Å². The summed E-state index contributed by atoms with van der Waals surface area (Å²) in [5.74, 6) is 1.12. The van der Waals surface area contributed by atoms with Crippen molar-refractivity contribution >= 4 is 0 Å². The van der Waals surface area contributed by atoms with Crippen LogP contribution >= 0.6 is 0 Å².